The Morgan fingerprint density at radius 3 is 1.88 bits per heavy atom. The number of hydrogen-bond acceptors (Lipinski definition) is 3. The van der Waals surface area contributed by atoms with Crippen molar-refractivity contribution in [1.82, 2.24) is 0 Å². The number of hydrogen-bond donors (Lipinski definition) is 0. The summed E-state index contributed by atoms with van der Waals surface area (Å²) in [5.41, 5.74) is -1.41. The molecule has 3 nitrogen and oxygen atoms in total. The molecule has 0 aliphatic rings. The molecule has 0 N–H and O–H groups in total. The maximum absolute atomic E-state index is 10.7. The lowest BCUT2D eigenvalue weighted by Crippen LogP contribution is -3.62. The van der Waals surface area contributed by atoms with Gasteiger partial charge in [0.2, 0.25) is 3.57 Å². The van der Waals surface area contributed by atoms with Gasteiger partial charge in [-0.15, -0.1) is 0 Å². The van der Waals surface area contributed by atoms with Gasteiger partial charge in [0.1, 0.15) is 0 Å². The average molecular weight is 551 g/mol. The summed E-state index contributed by atoms with van der Waals surface area (Å²) < 4.78 is 63.2. The van der Waals surface area contributed by atoms with E-state index in [0.29, 0.717) is 0 Å². The molecule has 0 bridgehead atoms. The third-order valence-electron chi connectivity index (χ3n) is 2.88. The highest BCUT2D eigenvalue weighted by molar-refractivity contribution is 9.10. The standard InChI is InChI=1S/C15H15BrI.CHF3O3S/c1-10-8-11(2)15(12(3)9-10)17-14-7-5-4-6-13(14)16;2-1(3,4)8(5,6)7/h4-9H,1-3H3;(H,5,6,7)/q+1;/p-1. The smallest absolute Gasteiger partial charge is 0.485 e. The van der Waals surface area contributed by atoms with Crippen molar-refractivity contribution in [1.29, 1.82) is 0 Å². The fraction of sp³-hybridized carbons (Fsp3) is 0.250. The highest BCUT2D eigenvalue weighted by Crippen LogP contribution is 2.20. The van der Waals surface area contributed by atoms with Gasteiger partial charge in [0.25, 0.3) is 0 Å². The topological polar surface area (TPSA) is 57.2 Å². The van der Waals surface area contributed by atoms with Crippen LogP contribution in [0.3, 0.4) is 0 Å². The molecule has 0 radical (unpaired) electrons. The van der Waals surface area contributed by atoms with Crippen LogP contribution in [0.4, 0.5) is 13.2 Å². The molecule has 0 saturated carbocycles. The van der Waals surface area contributed by atoms with E-state index in [4.69, 9.17) is 13.0 Å². The van der Waals surface area contributed by atoms with Gasteiger partial charge in [-0.2, -0.15) is 13.2 Å². The Morgan fingerprint density at radius 1 is 1.04 bits per heavy atom. The summed E-state index contributed by atoms with van der Waals surface area (Å²) in [5.74, 6) is 0. The van der Waals surface area contributed by atoms with E-state index in [1.54, 1.807) is 3.57 Å². The van der Waals surface area contributed by atoms with Gasteiger partial charge >= 0.3 is 26.7 Å². The minimum Gasteiger partial charge on any atom is -0.741 e. The zero-order valence-corrected chi connectivity index (χ0v) is 18.0. The van der Waals surface area contributed by atoms with E-state index in [1.165, 1.54) is 24.7 Å². The van der Waals surface area contributed by atoms with Crippen LogP contribution >= 0.6 is 15.9 Å². The molecule has 2 aromatic carbocycles. The second-order valence-corrected chi connectivity index (χ2v) is 10.1. The van der Waals surface area contributed by atoms with Crippen molar-refractivity contribution < 1.29 is 47.3 Å². The molecule has 0 amide bonds. The highest BCUT2D eigenvalue weighted by atomic mass is 127. The first-order chi connectivity index (χ1) is 11.3. The molecule has 2 aromatic rings. The zero-order valence-electron chi connectivity index (χ0n) is 13.5. The van der Waals surface area contributed by atoms with Gasteiger partial charge < -0.3 is 4.55 Å². The number of benzene rings is 2. The lowest BCUT2D eigenvalue weighted by molar-refractivity contribution is -0.599. The Morgan fingerprint density at radius 2 is 1.48 bits per heavy atom. The van der Waals surface area contributed by atoms with Gasteiger partial charge in [-0.3, -0.25) is 0 Å². The van der Waals surface area contributed by atoms with Crippen LogP contribution in [0.2, 0.25) is 0 Å². The van der Waals surface area contributed by atoms with Crippen LogP contribution in [0, 0.1) is 27.9 Å². The Kier molecular flexibility index (Phi) is 7.91. The maximum Gasteiger partial charge on any atom is 0.485 e. The molecule has 0 spiro atoms. The molecule has 25 heavy (non-hydrogen) atoms. The Labute approximate surface area is 163 Å². The minimum atomic E-state index is -6.09. The fourth-order valence-corrected chi connectivity index (χ4v) is 5.28. The number of halogens is 5. The van der Waals surface area contributed by atoms with E-state index in [0.717, 1.165) is 0 Å². The molecule has 138 valence electrons. The molecule has 0 saturated heterocycles. The van der Waals surface area contributed by atoms with Gasteiger partial charge in [-0.1, -0.05) is 29.8 Å². The summed E-state index contributed by atoms with van der Waals surface area (Å²) in [4.78, 5) is 0. The third kappa shape index (κ3) is 6.87. The molecule has 0 heterocycles. The van der Waals surface area contributed by atoms with E-state index >= 15 is 0 Å². The number of aryl methyl sites for hydroxylation is 3. The average Bonchev–Trinajstić information content (AvgIpc) is 2.43. The van der Waals surface area contributed by atoms with Gasteiger partial charge in [-0.25, -0.2) is 8.42 Å². The normalized spacial score (nSPS) is 11.7. The first kappa shape index (κ1) is 22.4. The predicted octanol–water partition coefficient (Wildman–Crippen LogP) is 1.55. The Bertz CT molecular complexity index is 829. The predicted molar refractivity (Wildman–Crippen MR) is 87.9 cm³/mol. The van der Waals surface area contributed by atoms with E-state index in [-0.39, 0.29) is 21.2 Å². The van der Waals surface area contributed by atoms with Crippen LogP contribution in [0.25, 0.3) is 0 Å². The van der Waals surface area contributed by atoms with Crippen molar-refractivity contribution in [3.05, 3.63) is 64.7 Å². The Balaban J connectivity index is 0.000000333. The monoisotopic (exact) mass is 550 g/mol. The van der Waals surface area contributed by atoms with E-state index in [1.807, 2.05) is 0 Å². The van der Waals surface area contributed by atoms with E-state index in [2.05, 4.69) is 73.1 Å². The molecule has 2 rings (SSSR count). The van der Waals surface area contributed by atoms with Gasteiger partial charge in [-0.05, 0) is 48.8 Å². The van der Waals surface area contributed by atoms with Crippen molar-refractivity contribution in [2.75, 3.05) is 0 Å². The van der Waals surface area contributed by atoms with Gasteiger partial charge in [0, 0.05) is 11.1 Å². The second kappa shape index (κ2) is 8.83. The number of alkyl halides is 3. The van der Waals surface area contributed by atoms with Crippen molar-refractivity contribution in [3.63, 3.8) is 0 Å². The second-order valence-electron chi connectivity index (χ2n) is 5.12. The summed E-state index contributed by atoms with van der Waals surface area (Å²) in [5, 5.41) is 0. The third-order valence-corrected chi connectivity index (χ3v) is 8.65. The zero-order chi connectivity index (χ0) is 19.4. The van der Waals surface area contributed by atoms with Crippen LogP contribution in [-0.2, 0) is 10.1 Å². The first-order valence-corrected chi connectivity index (χ1v) is 11.2. The molecule has 0 fully saturated rings. The van der Waals surface area contributed by atoms with Crippen LogP contribution in [-0.4, -0.2) is 18.5 Å². The largest absolute Gasteiger partial charge is 0.741 e. The van der Waals surface area contributed by atoms with E-state index < -0.39 is 15.6 Å². The molecule has 0 atom stereocenters. The van der Waals surface area contributed by atoms with Gasteiger partial charge in [0.05, 0.1) is 4.47 Å². The molecule has 0 aliphatic carbocycles. The minimum absolute atomic E-state index is 0.0961. The van der Waals surface area contributed by atoms with Crippen molar-refractivity contribution in [3.8, 4) is 0 Å². The van der Waals surface area contributed by atoms with Crippen molar-refractivity contribution in [2.24, 2.45) is 0 Å². The van der Waals surface area contributed by atoms with Crippen molar-refractivity contribution in [2.45, 2.75) is 26.3 Å². The molecule has 0 aromatic heterocycles. The summed E-state index contributed by atoms with van der Waals surface area (Å²) in [6, 6.07) is 13.1. The lowest BCUT2D eigenvalue weighted by Gasteiger charge is -2.08. The summed E-state index contributed by atoms with van der Waals surface area (Å²) >= 11 is 3.55. The van der Waals surface area contributed by atoms with E-state index in [9.17, 15) is 13.2 Å². The van der Waals surface area contributed by atoms with Crippen LogP contribution in [0.5, 0.6) is 0 Å². The summed E-state index contributed by atoms with van der Waals surface area (Å²) in [7, 11) is -6.09. The van der Waals surface area contributed by atoms with Gasteiger partial charge in [0.15, 0.2) is 13.7 Å². The first-order valence-electron chi connectivity index (χ1n) is 6.82. The molecule has 0 aliphatic heterocycles. The highest BCUT2D eigenvalue weighted by Gasteiger charge is 2.36. The SMILES string of the molecule is Cc1cc(C)c([I+]c2ccccc2Br)c(C)c1.O=S(=O)([O-])C(F)(F)F. The summed E-state index contributed by atoms with van der Waals surface area (Å²) in [6.07, 6.45) is 0. The molecular weight excluding hydrogens is 536 g/mol. The quantitative estimate of drug-likeness (QED) is 0.324. The Hall–Kier alpha value is -0.650. The fourth-order valence-electron chi connectivity index (χ4n) is 1.93. The summed E-state index contributed by atoms with van der Waals surface area (Å²) in [6.45, 7) is 6.62. The van der Waals surface area contributed by atoms with Crippen LogP contribution in [0.1, 0.15) is 16.7 Å². The van der Waals surface area contributed by atoms with Crippen LogP contribution < -0.4 is 21.2 Å². The molecule has 0 unspecified atom stereocenters. The maximum atomic E-state index is 10.7. The lowest BCUT2D eigenvalue weighted by atomic mass is 10.1. The molecule has 9 heteroatoms. The number of rotatable bonds is 2. The van der Waals surface area contributed by atoms with Crippen molar-refractivity contribution >= 4 is 26.0 Å². The molecular formula is C16H15BrF3IO3S. The van der Waals surface area contributed by atoms with Crippen LogP contribution in [0.15, 0.2) is 40.9 Å².